The number of nitriles is 1. The van der Waals surface area contributed by atoms with E-state index in [0.29, 0.717) is 5.75 Å². The van der Waals surface area contributed by atoms with Gasteiger partial charge in [-0.15, -0.1) is 0 Å². The second-order valence-corrected chi connectivity index (χ2v) is 2.78. The quantitative estimate of drug-likeness (QED) is 0.429. The molecule has 0 spiro atoms. The molecule has 1 aromatic carbocycles. The van der Waals surface area contributed by atoms with Crippen LogP contribution in [0.15, 0.2) is 18.2 Å². The number of benzene rings is 1. The Morgan fingerprint density at radius 1 is 1.56 bits per heavy atom. The van der Waals surface area contributed by atoms with Gasteiger partial charge in [0.1, 0.15) is 11.3 Å². The lowest BCUT2D eigenvalue weighted by Crippen LogP contribution is -1.93. The van der Waals surface area contributed by atoms with Gasteiger partial charge in [0.2, 0.25) is 0 Å². The Morgan fingerprint density at radius 2 is 2.31 bits per heavy atom. The first kappa shape index (κ1) is 11.5. The molecule has 0 heterocycles. The van der Waals surface area contributed by atoms with E-state index in [1.807, 2.05) is 6.07 Å². The fourth-order valence-electron chi connectivity index (χ4n) is 1.07. The summed E-state index contributed by atoms with van der Waals surface area (Å²) < 4.78 is 4.88. The molecule has 0 radical (unpaired) electrons. The molecule has 0 N–H and O–H groups in total. The highest BCUT2D eigenvalue weighted by molar-refractivity contribution is 5.54. The number of rotatable bonds is 2. The summed E-state index contributed by atoms with van der Waals surface area (Å²) in [5, 5.41) is 19.0. The van der Waals surface area contributed by atoms with E-state index in [1.54, 1.807) is 6.07 Å². The molecular formula is C11H8N2O3. The summed E-state index contributed by atoms with van der Waals surface area (Å²) in [7, 11) is 1.43. The smallest absolute Gasteiger partial charge is 0.288 e. The van der Waals surface area contributed by atoms with E-state index in [9.17, 15) is 10.1 Å². The third kappa shape index (κ3) is 2.73. The number of hydrogen-bond acceptors (Lipinski definition) is 4. The summed E-state index contributed by atoms with van der Waals surface area (Å²) >= 11 is 0. The monoisotopic (exact) mass is 216 g/mol. The molecule has 0 amide bonds. The van der Waals surface area contributed by atoms with E-state index >= 15 is 0 Å². The van der Waals surface area contributed by atoms with Crippen LogP contribution in [-0.2, 0) is 0 Å². The molecule has 0 aliphatic rings. The van der Waals surface area contributed by atoms with Gasteiger partial charge in [-0.05, 0) is 12.1 Å². The first-order chi connectivity index (χ1) is 7.69. The minimum Gasteiger partial charge on any atom is -0.497 e. The highest BCUT2D eigenvalue weighted by atomic mass is 16.6. The summed E-state index contributed by atoms with van der Waals surface area (Å²) in [4.78, 5) is 10.2. The average molecular weight is 216 g/mol. The molecule has 0 aliphatic carbocycles. The standard InChI is InChI=1S/C11H8N2O3/c1-16-10-6-5-9(4-2-3-7-12)11(8-10)13(14)15/h5-6,8H,3H2,1H3. The minimum absolute atomic E-state index is 0.0448. The SMILES string of the molecule is COc1ccc(C#CCC#N)c([N+](=O)[O-])c1. The van der Waals surface area contributed by atoms with Gasteiger partial charge in [-0.3, -0.25) is 10.1 Å². The molecule has 5 nitrogen and oxygen atoms in total. The van der Waals surface area contributed by atoms with Crippen molar-refractivity contribution < 1.29 is 9.66 Å². The van der Waals surface area contributed by atoms with E-state index < -0.39 is 4.92 Å². The van der Waals surface area contributed by atoms with Gasteiger partial charge < -0.3 is 4.74 Å². The van der Waals surface area contributed by atoms with Crippen LogP contribution in [0.1, 0.15) is 12.0 Å². The summed E-state index contributed by atoms with van der Waals surface area (Å²) in [6, 6.07) is 6.23. The van der Waals surface area contributed by atoms with Crippen molar-refractivity contribution in [2.45, 2.75) is 6.42 Å². The Labute approximate surface area is 92.4 Å². The molecule has 0 bridgehead atoms. The largest absolute Gasteiger partial charge is 0.497 e. The highest BCUT2D eigenvalue weighted by Gasteiger charge is 2.12. The van der Waals surface area contributed by atoms with Crippen molar-refractivity contribution in [3.8, 4) is 23.7 Å². The molecule has 0 atom stereocenters. The summed E-state index contributed by atoms with van der Waals surface area (Å²) in [6.45, 7) is 0. The van der Waals surface area contributed by atoms with E-state index in [4.69, 9.17) is 10.00 Å². The van der Waals surface area contributed by atoms with Gasteiger partial charge in [-0.2, -0.15) is 5.26 Å². The Balaban J connectivity index is 3.15. The maximum absolute atomic E-state index is 10.7. The summed E-state index contributed by atoms with van der Waals surface area (Å²) in [5.74, 6) is 5.51. The topological polar surface area (TPSA) is 76.2 Å². The number of ether oxygens (including phenoxy) is 1. The van der Waals surface area contributed by atoms with Crippen LogP contribution in [0.2, 0.25) is 0 Å². The number of nitro groups is 1. The van der Waals surface area contributed by atoms with Gasteiger partial charge in [-0.25, -0.2) is 0 Å². The predicted octanol–water partition coefficient (Wildman–Crippen LogP) is 1.87. The van der Waals surface area contributed by atoms with Crippen molar-refractivity contribution in [3.05, 3.63) is 33.9 Å². The lowest BCUT2D eigenvalue weighted by atomic mass is 10.1. The van der Waals surface area contributed by atoms with Crippen LogP contribution < -0.4 is 4.74 Å². The molecule has 0 fully saturated rings. The summed E-state index contributed by atoms with van der Waals surface area (Å²) in [6.07, 6.45) is 0.0448. The van der Waals surface area contributed by atoms with Crippen molar-refractivity contribution in [1.82, 2.24) is 0 Å². The van der Waals surface area contributed by atoms with E-state index in [1.165, 1.54) is 19.2 Å². The van der Waals surface area contributed by atoms with Crippen molar-refractivity contribution in [3.63, 3.8) is 0 Å². The van der Waals surface area contributed by atoms with Gasteiger partial charge in [0.05, 0.1) is 30.6 Å². The van der Waals surface area contributed by atoms with Gasteiger partial charge in [0.15, 0.2) is 0 Å². The van der Waals surface area contributed by atoms with E-state index in [0.717, 1.165) is 0 Å². The third-order valence-electron chi connectivity index (χ3n) is 1.79. The first-order valence-electron chi connectivity index (χ1n) is 4.37. The van der Waals surface area contributed by atoms with Crippen LogP contribution in [-0.4, -0.2) is 12.0 Å². The van der Waals surface area contributed by atoms with Gasteiger partial charge in [0.25, 0.3) is 5.69 Å². The lowest BCUT2D eigenvalue weighted by Gasteiger charge is -2.00. The molecule has 16 heavy (non-hydrogen) atoms. The van der Waals surface area contributed by atoms with Crippen LogP contribution >= 0.6 is 0 Å². The first-order valence-corrected chi connectivity index (χ1v) is 4.37. The van der Waals surface area contributed by atoms with Crippen molar-refractivity contribution in [2.75, 3.05) is 7.11 Å². The molecule has 0 aliphatic heterocycles. The molecule has 0 aromatic heterocycles. The predicted molar refractivity (Wildman–Crippen MR) is 56.8 cm³/mol. The van der Waals surface area contributed by atoms with Crippen molar-refractivity contribution in [2.24, 2.45) is 0 Å². The number of nitro benzene ring substituents is 1. The zero-order valence-electron chi connectivity index (χ0n) is 8.56. The van der Waals surface area contributed by atoms with Crippen LogP contribution in [0.25, 0.3) is 0 Å². The van der Waals surface area contributed by atoms with Crippen LogP contribution in [0.4, 0.5) is 5.69 Å². The molecule has 80 valence electrons. The van der Waals surface area contributed by atoms with Crippen molar-refractivity contribution in [1.29, 1.82) is 5.26 Å². The fraction of sp³-hybridized carbons (Fsp3) is 0.182. The van der Waals surface area contributed by atoms with Crippen LogP contribution in [0, 0.1) is 33.3 Å². The second-order valence-electron chi connectivity index (χ2n) is 2.78. The second kappa shape index (κ2) is 5.38. The molecule has 5 heteroatoms. The average Bonchev–Trinajstić information content (AvgIpc) is 2.29. The highest BCUT2D eigenvalue weighted by Crippen LogP contribution is 2.23. The zero-order valence-corrected chi connectivity index (χ0v) is 8.56. The third-order valence-corrected chi connectivity index (χ3v) is 1.79. The molecule has 0 saturated heterocycles. The number of nitrogens with zero attached hydrogens (tertiary/aromatic N) is 2. The maximum Gasteiger partial charge on any atom is 0.288 e. The molecular weight excluding hydrogens is 208 g/mol. The maximum atomic E-state index is 10.7. The van der Waals surface area contributed by atoms with E-state index in [2.05, 4.69) is 11.8 Å². The van der Waals surface area contributed by atoms with Gasteiger partial charge in [-0.1, -0.05) is 11.8 Å². The zero-order chi connectivity index (χ0) is 12.0. The lowest BCUT2D eigenvalue weighted by molar-refractivity contribution is -0.385. The minimum atomic E-state index is -0.529. The molecule has 0 saturated carbocycles. The van der Waals surface area contributed by atoms with Crippen LogP contribution in [0.3, 0.4) is 0 Å². The normalized spacial score (nSPS) is 8.50. The van der Waals surface area contributed by atoms with Gasteiger partial charge in [0, 0.05) is 0 Å². The van der Waals surface area contributed by atoms with Crippen LogP contribution in [0.5, 0.6) is 5.75 Å². The van der Waals surface area contributed by atoms with Crippen molar-refractivity contribution >= 4 is 5.69 Å². The molecule has 1 rings (SSSR count). The molecule has 0 unspecified atom stereocenters. The Bertz CT molecular complexity index is 506. The Kier molecular flexibility index (Phi) is 3.88. The summed E-state index contributed by atoms with van der Waals surface area (Å²) in [5.41, 5.74) is 0.158. The Morgan fingerprint density at radius 3 is 2.88 bits per heavy atom. The fourth-order valence-corrected chi connectivity index (χ4v) is 1.07. The Hall–Kier alpha value is -2.53. The number of methoxy groups -OCH3 is 1. The number of hydrogen-bond donors (Lipinski definition) is 0. The molecule has 1 aromatic rings. The van der Waals surface area contributed by atoms with E-state index in [-0.39, 0.29) is 17.7 Å². The van der Waals surface area contributed by atoms with Gasteiger partial charge >= 0.3 is 0 Å².